The molecule has 0 fully saturated rings. The van der Waals surface area contributed by atoms with Crippen molar-refractivity contribution in [1.82, 2.24) is 9.99 Å². The lowest BCUT2D eigenvalue weighted by Gasteiger charge is -2.21. The van der Waals surface area contributed by atoms with Crippen LogP contribution in [0.2, 0.25) is 0 Å². The number of hydrazone groups is 1. The molecule has 0 N–H and O–H groups in total. The van der Waals surface area contributed by atoms with E-state index in [1.54, 1.807) is 6.20 Å². The predicted octanol–water partition coefficient (Wildman–Crippen LogP) is 3.27. The number of hydrogen-bond donors (Lipinski definition) is 0. The van der Waals surface area contributed by atoms with E-state index < -0.39 is 0 Å². The third-order valence-electron chi connectivity index (χ3n) is 4.04. The lowest BCUT2D eigenvalue weighted by molar-refractivity contribution is -0.130. The summed E-state index contributed by atoms with van der Waals surface area (Å²) in [5, 5.41) is 6.00. The molecule has 3 heterocycles. The van der Waals surface area contributed by atoms with Crippen LogP contribution in [-0.2, 0) is 4.79 Å². The number of halogens is 1. The molecule has 0 radical (unpaired) electrons. The lowest BCUT2D eigenvalue weighted by atomic mass is 10.00. The van der Waals surface area contributed by atoms with Crippen molar-refractivity contribution in [3.8, 4) is 11.5 Å². The first-order chi connectivity index (χ1) is 11.6. The predicted molar refractivity (Wildman–Crippen MR) is 90.9 cm³/mol. The highest BCUT2D eigenvalue weighted by Gasteiger charge is 2.34. The molecule has 24 heavy (non-hydrogen) atoms. The minimum absolute atomic E-state index is 0.115. The monoisotopic (exact) mass is 387 g/mol. The number of amides is 1. The molecule has 0 saturated carbocycles. The van der Waals surface area contributed by atoms with Crippen LogP contribution in [0.5, 0.6) is 11.5 Å². The number of hydrogen-bond acceptors (Lipinski definition) is 5. The third kappa shape index (κ3) is 2.54. The summed E-state index contributed by atoms with van der Waals surface area (Å²) < 4.78 is 11.7. The molecular weight excluding hydrogens is 374 g/mol. The number of carbonyl (C=O) groups is 1. The Hall–Kier alpha value is -2.41. The maximum absolute atomic E-state index is 12.1. The number of fused-ring (bicyclic) bond motifs is 1. The maximum Gasteiger partial charge on any atom is 0.240 e. The van der Waals surface area contributed by atoms with Gasteiger partial charge in [0, 0.05) is 24.0 Å². The van der Waals surface area contributed by atoms with Crippen molar-refractivity contribution in [1.29, 1.82) is 0 Å². The molecule has 1 unspecified atom stereocenters. The summed E-state index contributed by atoms with van der Waals surface area (Å²) in [4.78, 5) is 16.4. The van der Waals surface area contributed by atoms with Crippen molar-refractivity contribution in [2.45, 2.75) is 19.4 Å². The van der Waals surface area contributed by atoms with E-state index in [0.717, 1.165) is 21.4 Å². The average molecular weight is 388 g/mol. The van der Waals surface area contributed by atoms with Gasteiger partial charge in [0.1, 0.15) is 0 Å². The standard InChI is InChI=1S/C17H14BrN3O3/c1-10(22)21-15(8-14(20-21)13-4-2-3-5-19-13)11-6-16-17(7-12(11)18)24-9-23-16/h2-7,15H,8-9H2,1H3. The minimum Gasteiger partial charge on any atom is -0.454 e. The van der Waals surface area contributed by atoms with E-state index >= 15 is 0 Å². The molecule has 0 bridgehead atoms. The van der Waals surface area contributed by atoms with Crippen molar-refractivity contribution in [3.63, 3.8) is 0 Å². The Kier molecular flexibility index (Phi) is 3.72. The van der Waals surface area contributed by atoms with E-state index in [4.69, 9.17) is 9.47 Å². The van der Waals surface area contributed by atoms with Crippen LogP contribution in [0.15, 0.2) is 46.1 Å². The topological polar surface area (TPSA) is 64.0 Å². The SMILES string of the molecule is CC(=O)N1N=C(c2ccccn2)CC1c1cc2c(cc1Br)OCO2. The molecule has 4 rings (SSSR count). The summed E-state index contributed by atoms with van der Waals surface area (Å²) in [5.74, 6) is 1.27. The van der Waals surface area contributed by atoms with Crippen LogP contribution in [0.4, 0.5) is 0 Å². The molecule has 7 heteroatoms. The Bertz CT molecular complexity index is 838. The highest BCUT2D eigenvalue weighted by atomic mass is 79.9. The number of carbonyl (C=O) groups excluding carboxylic acids is 1. The van der Waals surface area contributed by atoms with Gasteiger partial charge in [0.25, 0.3) is 0 Å². The molecule has 2 aliphatic heterocycles. The van der Waals surface area contributed by atoms with E-state index in [1.165, 1.54) is 11.9 Å². The van der Waals surface area contributed by atoms with E-state index in [-0.39, 0.29) is 18.7 Å². The van der Waals surface area contributed by atoms with Crippen LogP contribution in [-0.4, -0.2) is 28.4 Å². The smallest absolute Gasteiger partial charge is 0.240 e. The van der Waals surface area contributed by atoms with Gasteiger partial charge < -0.3 is 9.47 Å². The number of rotatable bonds is 2. The first-order valence-electron chi connectivity index (χ1n) is 7.51. The Morgan fingerprint density at radius 1 is 1.29 bits per heavy atom. The first kappa shape index (κ1) is 15.1. The van der Waals surface area contributed by atoms with Crippen LogP contribution >= 0.6 is 15.9 Å². The Labute approximate surface area is 147 Å². The average Bonchev–Trinajstić information content (AvgIpc) is 3.21. The number of nitrogens with zero attached hydrogens (tertiary/aromatic N) is 3. The summed E-state index contributed by atoms with van der Waals surface area (Å²) in [6, 6.07) is 9.23. The molecule has 1 amide bonds. The molecule has 2 aromatic rings. The highest BCUT2D eigenvalue weighted by molar-refractivity contribution is 9.10. The Morgan fingerprint density at radius 3 is 2.79 bits per heavy atom. The normalized spacial score (nSPS) is 18.7. The van der Waals surface area contributed by atoms with E-state index in [2.05, 4.69) is 26.0 Å². The fourth-order valence-corrected chi connectivity index (χ4v) is 3.51. The quantitative estimate of drug-likeness (QED) is 0.792. The second-order valence-electron chi connectivity index (χ2n) is 5.57. The van der Waals surface area contributed by atoms with Gasteiger partial charge in [-0.1, -0.05) is 22.0 Å². The van der Waals surface area contributed by atoms with Gasteiger partial charge in [-0.15, -0.1) is 0 Å². The zero-order valence-corrected chi connectivity index (χ0v) is 14.5. The molecule has 122 valence electrons. The van der Waals surface area contributed by atoms with Gasteiger partial charge in [0.15, 0.2) is 11.5 Å². The second kappa shape index (κ2) is 5.90. The highest BCUT2D eigenvalue weighted by Crippen LogP contribution is 2.43. The molecule has 6 nitrogen and oxygen atoms in total. The Morgan fingerprint density at radius 2 is 2.08 bits per heavy atom. The fraction of sp³-hybridized carbons (Fsp3) is 0.235. The molecule has 2 aliphatic rings. The number of benzene rings is 1. The van der Waals surface area contributed by atoms with Gasteiger partial charge in [0.05, 0.1) is 17.4 Å². The summed E-state index contributed by atoms with van der Waals surface area (Å²) >= 11 is 3.57. The van der Waals surface area contributed by atoms with Crippen molar-refractivity contribution in [3.05, 3.63) is 52.3 Å². The van der Waals surface area contributed by atoms with Crippen molar-refractivity contribution >= 4 is 27.5 Å². The van der Waals surface area contributed by atoms with Crippen LogP contribution in [0.3, 0.4) is 0 Å². The Balaban J connectivity index is 1.72. The number of pyridine rings is 1. The summed E-state index contributed by atoms with van der Waals surface area (Å²) in [5.41, 5.74) is 2.51. The molecule has 0 spiro atoms. The van der Waals surface area contributed by atoms with Gasteiger partial charge in [-0.05, 0) is 29.8 Å². The summed E-state index contributed by atoms with van der Waals surface area (Å²) in [6.45, 7) is 1.72. The minimum atomic E-state index is -0.205. The molecule has 1 aromatic heterocycles. The van der Waals surface area contributed by atoms with Crippen LogP contribution in [0.1, 0.15) is 30.6 Å². The number of aromatic nitrogens is 1. The van der Waals surface area contributed by atoms with E-state index in [1.807, 2.05) is 30.3 Å². The summed E-state index contributed by atoms with van der Waals surface area (Å²) in [6.07, 6.45) is 2.31. The lowest BCUT2D eigenvalue weighted by Crippen LogP contribution is -2.24. The zero-order valence-electron chi connectivity index (χ0n) is 12.9. The van der Waals surface area contributed by atoms with E-state index in [0.29, 0.717) is 17.9 Å². The maximum atomic E-state index is 12.1. The van der Waals surface area contributed by atoms with Gasteiger partial charge in [-0.25, -0.2) is 5.01 Å². The third-order valence-corrected chi connectivity index (χ3v) is 4.73. The second-order valence-corrected chi connectivity index (χ2v) is 6.43. The fourth-order valence-electron chi connectivity index (χ4n) is 2.92. The number of ether oxygens (including phenoxy) is 2. The van der Waals surface area contributed by atoms with Crippen LogP contribution in [0, 0.1) is 0 Å². The molecular formula is C17H14BrN3O3. The van der Waals surface area contributed by atoms with Gasteiger partial charge in [0.2, 0.25) is 12.7 Å². The first-order valence-corrected chi connectivity index (χ1v) is 8.30. The van der Waals surface area contributed by atoms with Crippen molar-refractivity contribution < 1.29 is 14.3 Å². The zero-order chi connectivity index (χ0) is 16.7. The summed E-state index contributed by atoms with van der Waals surface area (Å²) in [7, 11) is 0. The van der Waals surface area contributed by atoms with E-state index in [9.17, 15) is 4.79 Å². The molecule has 1 atom stereocenters. The van der Waals surface area contributed by atoms with Gasteiger partial charge >= 0.3 is 0 Å². The molecule has 0 saturated heterocycles. The van der Waals surface area contributed by atoms with Crippen LogP contribution < -0.4 is 9.47 Å². The molecule has 1 aromatic carbocycles. The van der Waals surface area contributed by atoms with Gasteiger partial charge in [-0.3, -0.25) is 9.78 Å². The van der Waals surface area contributed by atoms with Crippen molar-refractivity contribution in [2.24, 2.45) is 5.10 Å². The van der Waals surface area contributed by atoms with Crippen molar-refractivity contribution in [2.75, 3.05) is 6.79 Å². The van der Waals surface area contributed by atoms with Gasteiger partial charge in [-0.2, -0.15) is 5.10 Å². The molecule has 0 aliphatic carbocycles. The van der Waals surface area contributed by atoms with Crippen LogP contribution in [0.25, 0.3) is 0 Å². The largest absolute Gasteiger partial charge is 0.454 e.